The van der Waals surface area contributed by atoms with E-state index in [0.29, 0.717) is 0 Å². The second kappa shape index (κ2) is 11.5. The monoisotopic (exact) mass is 488 g/mol. The molecule has 0 aliphatic heterocycles. The summed E-state index contributed by atoms with van der Waals surface area (Å²) in [6.07, 6.45) is -1.16. The summed E-state index contributed by atoms with van der Waals surface area (Å²) in [5.41, 5.74) is 0.699. The molecule has 0 bridgehead atoms. The van der Waals surface area contributed by atoms with Gasteiger partial charge in [0.2, 0.25) is 5.91 Å². The Morgan fingerprint density at radius 3 is 1.53 bits per heavy atom. The molecule has 2 amide bonds. The second-order valence-corrected chi connectivity index (χ2v) is 9.32. The van der Waals surface area contributed by atoms with E-state index in [-0.39, 0.29) is 6.42 Å². The van der Waals surface area contributed by atoms with Gasteiger partial charge < -0.3 is 20.1 Å². The minimum Gasteiger partial charge on any atom is -0.467 e. The van der Waals surface area contributed by atoms with Crippen molar-refractivity contribution in [3.05, 3.63) is 108 Å². The zero-order valence-corrected chi connectivity index (χ0v) is 21.0. The summed E-state index contributed by atoms with van der Waals surface area (Å²) in [6.45, 7) is 5.13. The van der Waals surface area contributed by atoms with Gasteiger partial charge in [0, 0.05) is 0 Å². The zero-order chi connectivity index (χ0) is 26.2. The third kappa shape index (κ3) is 6.50. The SMILES string of the molecule is COC(=O)[C@@H](CC(=O)NC(c1ccccc1)(c1ccccc1)c1ccccc1)NC(=O)OC(C)(C)C. The lowest BCUT2D eigenvalue weighted by Crippen LogP contribution is -2.51. The minimum absolute atomic E-state index is 0.347. The summed E-state index contributed by atoms with van der Waals surface area (Å²) in [5.74, 6) is -1.21. The molecule has 0 saturated carbocycles. The van der Waals surface area contributed by atoms with Crippen LogP contribution in [0, 0.1) is 0 Å². The van der Waals surface area contributed by atoms with E-state index in [4.69, 9.17) is 9.47 Å². The van der Waals surface area contributed by atoms with Crippen molar-refractivity contribution in [2.24, 2.45) is 0 Å². The van der Waals surface area contributed by atoms with Gasteiger partial charge in [0.1, 0.15) is 17.2 Å². The van der Waals surface area contributed by atoms with Gasteiger partial charge in [-0.3, -0.25) is 4.79 Å². The fourth-order valence-corrected chi connectivity index (χ4v) is 4.01. The van der Waals surface area contributed by atoms with Crippen LogP contribution in [-0.4, -0.2) is 36.7 Å². The molecule has 188 valence electrons. The molecule has 0 spiro atoms. The van der Waals surface area contributed by atoms with Gasteiger partial charge in [-0.2, -0.15) is 0 Å². The topological polar surface area (TPSA) is 93.7 Å². The standard InChI is InChI=1S/C29H32N2O5/c1-28(2,3)36-27(34)30-24(26(33)35-4)20-25(32)31-29(21-14-8-5-9-15-21,22-16-10-6-11-17-22)23-18-12-7-13-19-23/h5-19,24H,20H2,1-4H3,(H,30,34)(H,31,32)/t24-/m1/s1. The Hall–Kier alpha value is -4.13. The maximum Gasteiger partial charge on any atom is 0.408 e. The van der Waals surface area contributed by atoms with Gasteiger partial charge in [-0.1, -0.05) is 91.0 Å². The van der Waals surface area contributed by atoms with Crippen LogP contribution in [0.2, 0.25) is 0 Å². The highest BCUT2D eigenvalue weighted by molar-refractivity contribution is 5.89. The van der Waals surface area contributed by atoms with E-state index in [0.717, 1.165) is 16.7 Å². The van der Waals surface area contributed by atoms with E-state index >= 15 is 0 Å². The van der Waals surface area contributed by atoms with Crippen LogP contribution in [0.1, 0.15) is 43.9 Å². The number of ether oxygens (including phenoxy) is 2. The molecule has 0 unspecified atom stereocenters. The molecule has 36 heavy (non-hydrogen) atoms. The molecule has 0 aliphatic rings. The number of alkyl carbamates (subject to hydrolysis) is 1. The van der Waals surface area contributed by atoms with Crippen molar-refractivity contribution in [1.29, 1.82) is 0 Å². The van der Waals surface area contributed by atoms with Crippen molar-refractivity contribution in [3.63, 3.8) is 0 Å². The summed E-state index contributed by atoms with van der Waals surface area (Å²) in [4.78, 5) is 38.4. The molecule has 0 radical (unpaired) electrons. The third-order valence-electron chi connectivity index (χ3n) is 5.51. The van der Waals surface area contributed by atoms with E-state index in [2.05, 4.69) is 10.6 Å². The number of rotatable bonds is 8. The van der Waals surface area contributed by atoms with Crippen molar-refractivity contribution in [2.75, 3.05) is 7.11 Å². The largest absolute Gasteiger partial charge is 0.467 e. The summed E-state index contributed by atoms with van der Waals surface area (Å²) >= 11 is 0. The lowest BCUT2D eigenvalue weighted by atomic mass is 9.77. The van der Waals surface area contributed by atoms with Crippen LogP contribution in [0.15, 0.2) is 91.0 Å². The van der Waals surface area contributed by atoms with Crippen LogP contribution < -0.4 is 10.6 Å². The Kier molecular flexibility index (Phi) is 8.48. The maximum atomic E-state index is 13.6. The molecule has 3 aromatic rings. The van der Waals surface area contributed by atoms with Crippen LogP contribution in [-0.2, 0) is 24.6 Å². The molecular formula is C29H32N2O5. The third-order valence-corrected chi connectivity index (χ3v) is 5.51. The van der Waals surface area contributed by atoms with E-state index < -0.39 is 35.2 Å². The second-order valence-electron chi connectivity index (χ2n) is 9.32. The smallest absolute Gasteiger partial charge is 0.408 e. The van der Waals surface area contributed by atoms with Crippen molar-refractivity contribution < 1.29 is 23.9 Å². The van der Waals surface area contributed by atoms with E-state index in [1.165, 1.54) is 7.11 Å². The molecule has 7 nitrogen and oxygen atoms in total. The summed E-state index contributed by atoms with van der Waals surface area (Å²) < 4.78 is 10.1. The fraction of sp³-hybridized carbons (Fsp3) is 0.276. The van der Waals surface area contributed by atoms with Gasteiger partial charge in [0.15, 0.2) is 0 Å². The quantitative estimate of drug-likeness (QED) is 0.358. The first-order valence-electron chi connectivity index (χ1n) is 11.7. The predicted octanol–water partition coefficient (Wildman–Crippen LogP) is 4.55. The molecule has 2 N–H and O–H groups in total. The number of nitrogens with one attached hydrogen (secondary N) is 2. The normalized spacial score (nSPS) is 12.2. The van der Waals surface area contributed by atoms with Crippen LogP contribution >= 0.6 is 0 Å². The number of methoxy groups -OCH3 is 1. The highest BCUT2D eigenvalue weighted by atomic mass is 16.6. The molecule has 3 rings (SSSR count). The highest BCUT2D eigenvalue weighted by Gasteiger charge is 2.39. The van der Waals surface area contributed by atoms with Crippen LogP contribution in [0.4, 0.5) is 4.79 Å². The van der Waals surface area contributed by atoms with Gasteiger partial charge in [-0.15, -0.1) is 0 Å². The van der Waals surface area contributed by atoms with E-state index in [9.17, 15) is 14.4 Å². The maximum absolute atomic E-state index is 13.6. The van der Waals surface area contributed by atoms with Crippen LogP contribution in [0.3, 0.4) is 0 Å². The van der Waals surface area contributed by atoms with E-state index in [1.54, 1.807) is 20.8 Å². The number of carbonyl (C=O) groups is 3. The Labute approximate surface area is 211 Å². The molecule has 1 atom stereocenters. The van der Waals surface area contributed by atoms with E-state index in [1.807, 2.05) is 91.0 Å². The summed E-state index contributed by atoms with van der Waals surface area (Å²) in [5, 5.41) is 5.64. The number of amides is 2. The fourth-order valence-electron chi connectivity index (χ4n) is 4.01. The Balaban J connectivity index is 2.01. The first-order chi connectivity index (χ1) is 17.2. The molecular weight excluding hydrogens is 456 g/mol. The predicted molar refractivity (Wildman–Crippen MR) is 137 cm³/mol. The van der Waals surface area contributed by atoms with Gasteiger partial charge in [-0.05, 0) is 37.5 Å². The number of esters is 1. The average Bonchev–Trinajstić information content (AvgIpc) is 2.87. The van der Waals surface area contributed by atoms with Crippen molar-refractivity contribution in [1.82, 2.24) is 10.6 Å². The van der Waals surface area contributed by atoms with Gasteiger partial charge in [0.05, 0.1) is 13.5 Å². The highest BCUT2D eigenvalue weighted by Crippen LogP contribution is 2.36. The van der Waals surface area contributed by atoms with Crippen molar-refractivity contribution in [2.45, 2.75) is 44.4 Å². The van der Waals surface area contributed by atoms with Gasteiger partial charge in [0.25, 0.3) is 0 Å². The Morgan fingerprint density at radius 1 is 0.750 bits per heavy atom. The van der Waals surface area contributed by atoms with Gasteiger partial charge >= 0.3 is 12.1 Å². The lowest BCUT2D eigenvalue weighted by Gasteiger charge is -2.37. The number of carbonyl (C=O) groups excluding carboxylic acids is 3. The molecule has 0 aromatic heterocycles. The zero-order valence-electron chi connectivity index (χ0n) is 21.0. The van der Waals surface area contributed by atoms with Crippen LogP contribution in [0.5, 0.6) is 0 Å². The molecule has 3 aromatic carbocycles. The molecule has 0 fully saturated rings. The number of hydrogen-bond acceptors (Lipinski definition) is 5. The minimum atomic E-state index is -1.23. The number of hydrogen-bond donors (Lipinski definition) is 2. The first kappa shape index (κ1) is 26.5. The Morgan fingerprint density at radius 2 is 1.17 bits per heavy atom. The van der Waals surface area contributed by atoms with Crippen molar-refractivity contribution >= 4 is 18.0 Å². The van der Waals surface area contributed by atoms with Gasteiger partial charge in [-0.25, -0.2) is 9.59 Å². The molecule has 7 heteroatoms. The average molecular weight is 489 g/mol. The summed E-state index contributed by atoms with van der Waals surface area (Å²) in [6, 6.07) is 27.6. The summed E-state index contributed by atoms with van der Waals surface area (Å²) in [7, 11) is 1.20. The number of benzene rings is 3. The van der Waals surface area contributed by atoms with Crippen molar-refractivity contribution in [3.8, 4) is 0 Å². The Bertz CT molecular complexity index is 1060. The lowest BCUT2D eigenvalue weighted by molar-refractivity contribution is -0.145. The van der Waals surface area contributed by atoms with Crippen LogP contribution in [0.25, 0.3) is 0 Å². The molecule has 0 aliphatic carbocycles. The first-order valence-corrected chi connectivity index (χ1v) is 11.7. The molecule has 0 saturated heterocycles. The molecule has 0 heterocycles.